The van der Waals surface area contributed by atoms with Crippen LogP contribution >= 0.6 is 0 Å². The normalized spacial score (nSPS) is 11.9. The third kappa shape index (κ3) is 3.52. The van der Waals surface area contributed by atoms with Crippen LogP contribution in [0, 0.1) is 0 Å². The average Bonchev–Trinajstić information content (AvgIpc) is 2.53. The van der Waals surface area contributed by atoms with E-state index in [2.05, 4.69) is 0 Å². The lowest BCUT2D eigenvalue weighted by molar-refractivity contribution is 0.163. The third-order valence-electron chi connectivity index (χ3n) is 3.36. The molecule has 2 aromatic carbocycles. The molecule has 0 aliphatic carbocycles. The first-order valence-electron chi connectivity index (χ1n) is 6.68. The molecular weight excluding hydrogens is 252 g/mol. The first kappa shape index (κ1) is 14.4. The Bertz CT molecular complexity index is 534. The minimum Gasteiger partial charge on any atom is -0.497 e. The summed E-state index contributed by atoms with van der Waals surface area (Å²) >= 11 is 0. The van der Waals surface area contributed by atoms with E-state index in [0.717, 1.165) is 23.5 Å². The molecule has 2 rings (SSSR count). The average molecular weight is 272 g/mol. The quantitative estimate of drug-likeness (QED) is 0.876. The molecule has 0 fully saturated rings. The highest BCUT2D eigenvalue weighted by Gasteiger charge is 2.12. The van der Waals surface area contributed by atoms with Crippen molar-refractivity contribution in [3.63, 3.8) is 0 Å². The zero-order chi connectivity index (χ0) is 14.4. The van der Waals surface area contributed by atoms with Crippen molar-refractivity contribution < 1.29 is 14.6 Å². The van der Waals surface area contributed by atoms with Crippen LogP contribution in [-0.4, -0.2) is 19.3 Å². The Hall–Kier alpha value is -2.00. The molecule has 0 saturated carbocycles. The van der Waals surface area contributed by atoms with Crippen LogP contribution in [0.25, 0.3) is 0 Å². The van der Waals surface area contributed by atoms with Crippen molar-refractivity contribution >= 4 is 0 Å². The predicted molar refractivity (Wildman–Crippen MR) is 79.3 cm³/mol. The summed E-state index contributed by atoms with van der Waals surface area (Å²) in [7, 11) is 3.27. The van der Waals surface area contributed by atoms with Crippen LogP contribution in [0.4, 0.5) is 0 Å². The van der Waals surface area contributed by atoms with E-state index < -0.39 is 6.10 Å². The standard InChI is InChI=1S/C17H20O3/c1-19-14-10-7-13(8-11-14)9-12-16(18)15-5-3-4-6-17(15)20-2/h3-8,10-11,16,18H,9,12H2,1-2H3. The van der Waals surface area contributed by atoms with Crippen LogP contribution in [0.3, 0.4) is 0 Å². The molecule has 2 aromatic rings. The van der Waals surface area contributed by atoms with Gasteiger partial charge in [0.1, 0.15) is 11.5 Å². The largest absolute Gasteiger partial charge is 0.497 e. The van der Waals surface area contributed by atoms with Crippen LogP contribution < -0.4 is 9.47 Å². The van der Waals surface area contributed by atoms with Gasteiger partial charge in [-0.3, -0.25) is 0 Å². The second-order valence-electron chi connectivity index (χ2n) is 4.64. The van der Waals surface area contributed by atoms with Crippen LogP contribution in [0.5, 0.6) is 11.5 Å². The zero-order valence-electron chi connectivity index (χ0n) is 11.9. The van der Waals surface area contributed by atoms with Crippen molar-refractivity contribution in [1.82, 2.24) is 0 Å². The lowest BCUT2D eigenvalue weighted by Gasteiger charge is -2.14. The van der Waals surface area contributed by atoms with Gasteiger partial charge < -0.3 is 14.6 Å². The van der Waals surface area contributed by atoms with E-state index in [1.165, 1.54) is 5.56 Å². The second kappa shape index (κ2) is 6.96. The summed E-state index contributed by atoms with van der Waals surface area (Å²) < 4.78 is 10.4. The molecule has 3 heteroatoms. The SMILES string of the molecule is COc1ccc(CCC(O)c2ccccc2OC)cc1. The van der Waals surface area contributed by atoms with Crippen molar-refractivity contribution in [3.8, 4) is 11.5 Å². The maximum absolute atomic E-state index is 10.3. The highest BCUT2D eigenvalue weighted by molar-refractivity contribution is 5.35. The molecule has 1 N–H and O–H groups in total. The van der Waals surface area contributed by atoms with E-state index in [-0.39, 0.29) is 0 Å². The minimum atomic E-state index is -0.520. The predicted octanol–water partition coefficient (Wildman–Crippen LogP) is 3.37. The number of hydrogen-bond acceptors (Lipinski definition) is 3. The van der Waals surface area contributed by atoms with E-state index in [9.17, 15) is 5.11 Å². The lowest BCUT2D eigenvalue weighted by atomic mass is 10.0. The van der Waals surface area contributed by atoms with Gasteiger partial charge in [0.05, 0.1) is 20.3 Å². The molecule has 0 aromatic heterocycles. The molecule has 0 bridgehead atoms. The van der Waals surface area contributed by atoms with Gasteiger partial charge in [-0.05, 0) is 36.6 Å². The fraction of sp³-hybridized carbons (Fsp3) is 0.294. The van der Waals surface area contributed by atoms with E-state index in [1.807, 2.05) is 48.5 Å². The minimum absolute atomic E-state index is 0.520. The topological polar surface area (TPSA) is 38.7 Å². The smallest absolute Gasteiger partial charge is 0.124 e. The molecule has 3 nitrogen and oxygen atoms in total. The molecule has 0 saturated heterocycles. The molecular formula is C17H20O3. The maximum atomic E-state index is 10.3. The number of benzene rings is 2. The van der Waals surface area contributed by atoms with Crippen molar-refractivity contribution in [2.45, 2.75) is 18.9 Å². The van der Waals surface area contributed by atoms with Crippen molar-refractivity contribution in [1.29, 1.82) is 0 Å². The number of aliphatic hydroxyl groups is 1. The summed E-state index contributed by atoms with van der Waals surface area (Å²) in [5.74, 6) is 1.58. The highest BCUT2D eigenvalue weighted by Crippen LogP contribution is 2.28. The summed E-state index contributed by atoms with van der Waals surface area (Å²) in [5, 5.41) is 10.3. The molecule has 1 atom stereocenters. The van der Waals surface area contributed by atoms with Gasteiger partial charge in [0, 0.05) is 5.56 Å². The summed E-state index contributed by atoms with van der Waals surface area (Å²) in [5.41, 5.74) is 2.02. The van der Waals surface area contributed by atoms with Gasteiger partial charge in [-0.25, -0.2) is 0 Å². The Kier molecular flexibility index (Phi) is 5.02. The Morgan fingerprint density at radius 1 is 0.950 bits per heavy atom. The van der Waals surface area contributed by atoms with E-state index in [0.29, 0.717) is 6.42 Å². The summed E-state index contributed by atoms with van der Waals surface area (Å²) in [6.45, 7) is 0. The van der Waals surface area contributed by atoms with E-state index in [4.69, 9.17) is 9.47 Å². The number of methoxy groups -OCH3 is 2. The Labute approximate surface area is 119 Å². The summed E-state index contributed by atoms with van der Waals surface area (Å²) in [6, 6.07) is 15.5. The molecule has 0 radical (unpaired) electrons. The van der Waals surface area contributed by atoms with Crippen molar-refractivity contribution in [2.24, 2.45) is 0 Å². The number of hydrogen-bond donors (Lipinski definition) is 1. The summed E-state index contributed by atoms with van der Waals surface area (Å²) in [6.07, 6.45) is 0.948. The molecule has 0 aliphatic rings. The highest BCUT2D eigenvalue weighted by atomic mass is 16.5. The summed E-state index contributed by atoms with van der Waals surface area (Å²) in [4.78, 5) is 0. The molecule has 0 aliphatic heterocycles. The van der Waals surface area contributed by atoms with Gasteiger partial charge in [-0.1, -0.05) is 30.3 Å². The van der Waals surface area contributed by atoms with Crippen molar-refractivity contribution in [3.05, 3.63) is 59.7 Å². The first-order valence-corrected chi connectivity index (χ1v) is 6.68. The number of ether oxygens (including phenoxy) is 2. The molecule has 1 unspecified atom stereocenters. The first-order chi connectivity index (χ1) is 9.74. The number of rotatable bonds is 6. The molecule has 0 amide bonds. The lowest BCUT2D eigenvalue weighted by Crippen LogP contribution is -2.02. The maximum Gasteiger partial charge on any atom is 0.124 e. The molecule has 0 heterocycles. The van der Waals surface area contributed by atoms with Crippen LogP contribution in [0.15, 0.2) is 48.5 Å². The number of para-hydroxylation sites is 1. The van der Waals surface area contributed by atoms with Crippen LogP contribution in [0.2, 0.25) is 0 Å². The fourth-order valence-corrected chi connectivity index (χ4v) is 2.19. The Morgan fingerprint density at radius 2 is 1.65 bits per heavy atom. The van der Waals surface area contributed by atoms with Gasteiger partial charge in [-0.2, -0.15) is 0 Å². The number of aryl methyl sites for hydroxylation is 1. The Morgan fingerprint density at radius 3 is 2.30 bits per heavy atom. The molecule has 20 heavy (non-hydrogen) atoms. The monoisotopic (exact) mass is 272 g/mol. The van der Waals surface area contributed by atoms with Crippen molar-refractivity contribution in [2.75, 3.05) is 14.2 Å². The fourth-order valence-electron chi connectivity index (χ4n) is 2.19. The van der Waals surface area contributed by atoms with Gasteiger partial charge in [0.25, 0.3) is 0 Å². The van der Waals surface area contributed by atoms with Gasteiger partial charge in [0.2, 0.25) is 0 Å². The zero-order valence-corrected chi connectivity index (χ0v) is 11.9. The van der Waals surface area contributed by atoms with Gasteiger partial charge in [0.15, 0.2) is 0 Å². The van der Waals surface area contributed by atoms with Crippen LogP contribution in [0.1, 0.15) is 23.7 Å². The van der Waals surface area contributed by atoms with E-state index in [1.54, 1.807) is 14.2 Å². The molecule has 0 spiro atoms. The van der Waals surface area contributed by atoms with Gasteiger partial charge in [-0.15, -0.1) is 0 Å². The third-order valence-corrected chi connectivity index (χ3v) is 3.36. The van der Waals surface area contributed by atoms with Crippen LogP contribution in [-0.2, 0) is 6.42 Å². The number of aliphatic hydroxyl groups excluding tert-OH is 1. The van der Waals surface area contributed by atoms with E-state index >= 15 is 0 Å². The second-order valence-corrected chi connectivity index (χ2v) is 4.64. The molecule has 106 valence electrons. The van der Waals surface area contributed by atoms with Gasteiger partial charge >= 0.3 is 0 Å². The Balaban J connectivity index is 1.98.